The van der Waals surface area contributed by atoms with Crippen molar-refractivity contribution in [1.29, 1.82) is 0 Å². The van der Waals surface area contributed by atoms with Gasteiger partial charge in [0.1, 0.15) is 13.2 Å². The molecule has 0 radical (unpaired) electrons. The highest BCUT2D eigenvalue weighted by atomic mass is 16.5. The molecule has 0 aliphatic carbocycles. The largest absolute Gasteiger partial charge is 0.371 e. The SMILES string of the molecule is CC(C)CN(CC(C)C)C(=O)COCC(C)(C)COCC(=O)N(CC(C)C)CC(C)C. The summed E-state index contributed by atoms with van der Waals surface area (Å²) in [6.45, 7) is 25.0. The van der Waals surface area contributed by atoms with E-state index in [4.69, 9.17) is 9.47 Å². The van der Waals surface area contributed by atoms with E-state index in [0.29, 0.717) is 36.9 Å². The van der Waals surface area contributed by atoms with Gasteiger partial charge < -0.3 is 19.3 Å². The van der Waals surface area contributed by atoms with Crippen molar-refractivity contribution in [1.82, 2.24) is 9.80 Å². The van der Waals surface area contributed by atoms with Crippen molar-refractivity contribution in [2.45, 2.75) is 69.2 Å². The van der Waals surface area contributed by atoms with Crippen molar-refractivity contribution in [3.63, 3.8) is 0 Å². The summed E-state index contributed by atoms with van der Waals surface area (Å²) in [6.07, 6.45) is 0. The van der Waals surface area contributed by atoms with Gasteiger partial charge in [0.25, 0.3) is 0 Å². The van der Waals surface area contributed by atoms with E-state index in [1.54, 1.807) is 0 Å². The van der Waals surface area contributed by atoms with Gasteiger partial charge >= 0.3 is 0 Å². The van der Waals surface area contributed by atoms with Crippen LogP contribution in [0.15, 0.2) is 0 Å². The van der Waals surface area contributed by atoms with Crippen LogP contribution in [0, 0.1) is 29.1 Å². The number of carbonyl (C=O) groups is 2. The highest BCUT2D eigenvalue weighted by molar-refractivity contribution is 5.77. The normalized spacial score (nSPS) is 12.3. The van der Waals surface area contributed by atoms with E-state index in [9.17, 15) is 9.59 Å². The Morgan fingerprint density at radius 2 is 0.871 bits per heavy atom. The van der Waals surface area contributed by atoms with Crippen LogP contribution in [-0.4, -0.2) is 74.2 Å². The fourth-order valence-electron chi connectivity index (χ4n) is 3.37. The Labute approximate surface area is 192 Å². The summed E-state index contributed by atoms with van der Waals surface area (Å²) in [5.74, 6) is 1.78. The Morgan fingerprint density at radius 1 is 0.613 bits per heavy atom. The Hall–Kier alpha value is -1.14. The van der Waals surface area contributed by atoms with Crippen molar-refractivity contribution in [2.24, 2.45) is 29.1 Å². The molecule has 0 aliphatic heterocycles. The topological polar surface area (TPSA) is 59.1 Å². The van der Waals surface area contributed by atoms with Crippen LogP contribution in [0.4, 0.5) is 0 Å². The molecule has 0 aliphatic rings. The monoisotopic (exact) mass is 442 g/mol. The number of amides is 2. The summed E-state index contributed by atoms with van der Waals surface area (Å²) in [5, 5.41) is 0. The molecule has 0 N–H and O–H groups in total. The summed E-state index contributed by atoms with van der Waals surface area (Å²) < 4.78 is 11.5. The van der Waals surface area contributed by atoms with E-state index in [2.05, 4.69) is 55.4 Å². The number of nitrogens with zero attached hydrogens (tertiary/aromatic N) is 2. The van der Waals surface area contributed by atoms with E-state index in [1.807, 2.05) is 23.6 Å². The Kier molecular flexibility index (Phi) is 14.3. The summed E-state index contributed by atoms with van der Waals surface area (Å²) >= 11 is 0. The molecule has 0 rings (SSSR count). The van der Waals surface area contributed by atoms with E-state index >= 15 is 0 Å². The molecule has 31 heavy (non-hydrogen) atoms. The number of hydrogen-bond donors (Lipinski definition) is 0. The number of rotatable bonds is 16. The molecule has 0 aromatic heterocycles. The zero-order valence-corrected chi connectivity index (χ0v) is 22.0. The molecule has 2 amide bonds. The van der Waals surface area contributed by atoms with E-state index in [0.717, 1.165) is 26.2 Å². The predicted octanol–water partition coefficient (Wildman–Crippen LogP) is 4.33. The van der Waals surface area contributed by atoms with Crippen LogP contribution in [0.3, 0.4) is 0 Å². The predicted molar refractivity (Wildman–Crippen MR) is 128 cm³/mol. The second-order valence-corrected chi connectivity index (χ2v) is 11.3. The molecule has 184 valence electrons. The van der Waals surface area contributed by atoms with E-state index < -0.39 is 0 Å². The zero-order valence-electron chi connectivity index (χ0n) is 22.0. The van der Waals surface area contributed by atoms with Gasteiger partial charge in [-0.05, 0) is 23.7 Å². The first-order valence-electron chi connectivity index (χ1n) is 11.9. The van der Waals surface area contributed by atoms with Gasteiger partial charge in [0, 0.05) is 31.6 Å². The lowest BCUT2D eigenvalue weighted by Crippen LogP contribution is -2.40. The third-order valence-electron chi connectivity index (χ3n) is 4.48. The van der Waals surface area contributed by atoms with Crippen molar-refractivity contribution in [3.05, 3.63) is 0 Å². The van der Waals surface area contributed by atoms with Gasteiger partial charge in [-0.1, -0.05) is 69.2 Å². The van der Waals surface area contributed by atoms with Crippen molar-refractivity contribution in [3.8, 4) is 0 Å². The van der Waals surface area contributed by atoms with Crippen molar-refractivity contribution < 1.29 is 19.1 Å². The molecule has 0 aromatic carbocycles. The van der Waals surface area contributed by atoms with Crippen molar-refractivity contribution in [2.75, 3.05) is 52.6 Å². The van der Waals surface area contributed by atoms with Crippen molar-refractivity contribution >= 4 is 11.8 Å². The number of ether oxygens (including phenoxy) is 2. The van der Waals surface area contributed by atoms with Gasteiger partial charge in [-0.15, -0.1) is 0 Å². The molecular weight excluding hydrogens is 392 g/mol. The van der Waals surface area contributed by atoms with Gasteiger partial charge in [0.05, 0.1) is 13.2 Å². The fourth-order valence-corrected chi connectivity index (χ4v) is 3.37. The number of carbonyl (C=O) groups excluding carboxylic acids is 2. The molecule has 0 heterocycles. The van der Waals surface area contributed by atoms with Gasteiger partial charge in [-0.25, -0.2) is 0 Å². The number of hydrogen-bond acceptors (Lipinski definition) is 4. The van der Waals surface area contributed by atoms with E-state index in [-0.39, 0.29) is 30.4 Å². The van der Waals surface area contributed by atoms with Crippen LogP contribution in [0.1, 0.15) is 69.2 Å². The van der Waals surface area contributed by atoms with Crippen LogP contribution < -0.4 is 0 Å². The molecule has 6 heteroatoms. The average Bonchev–Trinajstić information content (AvgIpc) is 2.58. The van der Waals surface area contributed by atoms with Gasteiger partial charge in [-0.3, -0.25) is 9.59 Å². The highest BCUT2D eigenvalue weighted by Gasteiger charge is 2.23. The Bertz CT molecular complexity index is 452. The minimum Gasteiger partial charge on any atom is -0.371 e. The molecule has 6 nitrogen and oxygen atoms in total. The molecule has 0 saturated carbocycles. The second kappa shape index (κ2) is 14.8. The molecule has 0 bridgehead atoms. The maximum atomic E-state index is 12.6. The molecule has 0 unspecified atom stereocenters. The molecule has 0 aromatic rings. The third kappa shape index (κ3) is 15.3. The Morgan fingerprint density at radius 3 is 1.10 bits per heavy atom. The first-order valence-corrected chi connectivity index (χ1v) is 11.9. The molecular formula is C25H50N2O4. The first-order chi connectivity index (χ1) is 14.2. The highest BCUT2D eigenvalue weighted by Crippen LogP contribution is 2.16. The average molecular weight is 443 g/mol. The first kappa shape index (κ1) is 29.9. The molecule has 0 saturated heterocycles. The van der Waals surface area contributed by atoms with Gasteiger partial charge in [-0.2, -0.15) is 0 Å². The lowest BCUT2D eigenvalue weighted by Gasteiger charge is -2.29. The standard InChI is InChI=1S/C25H50N2O4/c1-19(2)11-26(12-20(3)4)23(28)15-30-17-25(9,10)18-31-16-24(29)27(13-21(5)6)14-22(7)8/h19-22H,11-18H2,1-10H3. The maximum absolute atomic E-state index is 12.6. The quantitative estimate of drug-likeness (QED) is 0.357. The molecule has 0 spiro atoms. The van der Waals surface area contributed by atoms with Gasteiger partial charge in [0.15, 0.2) is 0 Å². The van der Waals surface area contributed by atoms with Crippen LogP contribution >= 0.6 is 0 Å². The van der Waals surface area contributed by atoms with Crippen LogP contribution in [0.5, 0.6) is 0 Å². The minimum absolute atomic E-state index is 0.0345. The smallest absolute Gasteiger partial charge is 0.248 e. The molecule has 0 fully saturated rings. The van der Waals surface area contributed by atoms with Gasteiger partial charge in [0.2, 0.25) is 11.8 Å². The molecule has 0 atom stereocenters. The van der Waals surface area contributed by atoms with Crippen LogP contribution in [0.2, 0.25) is 0 Å². The fraction of sp³-hybridized carbons (Fsp3) is 0.920. The zero-order chi connectivity index (χ0) is 24.2. The summed E-state index contributed by atoms with van der Waals surface area (Å²) in [5.41, 5.74) is -0.275. The summed E-state index contributed by atoms with van der Waals surface area (Å²) in [4.78, 5) is 28.9. The van der Waals surface area contributed by atoms with E-state index in [1.165, 1.54) is 0 Å². The second-order valence-electron chi connectivity index (χ2n) is 11.3. The van der Waals surface area contributed by atoms with Crippen LogP contribution in [0.25, 0.3) is 0 Å². The Balaban J connectivity index is 4.48. The summed E-state index contributed by atoms with van der Waals surface area (Å²) in [6, 6.07) is 0. The lowest BCUT2D eigenvalue weighted by atomic mass is 9.96. The lowest BCUT2D eigenvalue weighted by molar-refractivity contribution is -0.140. The summed E-state index contributed by atoms with van der Waals surface area (Å²) in [7, 11) is 0. The third-order valence-corrected chi connectivity index (χ3v) is 4.48. The maximum Gasteiger partial charge on any atom is 0.248 e. The van der Waals surface area contributed by atoms with Crippen LogP contribution in [-0.2, 0) is 19.1 Å². The minimum atomic E-state index is -0.275.